The molecule has 168 valence electrons. The number of rotatable bonds is 7. The van der Waals surface area contributed by atoms with Crippen molar-refractivity contribution >= 4 is 50.2 Å². The van der Waals surface area contributed by atoms with Crippen molar-refractivity contribution in [1.29, 1.82) is 0 Å². The monoisotopic (exact) mass is 477 g/mol. The van der Waals surface area contributed by atoms with Gasteiger partial charge in [-0.05, 0) is 31.4 Å². The van der Waals surface area contributed by atoms with Gasteiger partial charge in [-0.1, -0.05) is 29.2 Å². The molecule has 0 atom stereocenters. The molecule has 32 heavy (non-hydrogen) atoms. The van der Waals surface area contributed by atoms with Crippen LogP contribution in [0.5, 0.6) is 0 Å². The minimum atomic E-state index is -1.05. The smallest absolute Gasteiger partial charge is 0.274 e. The Morgan fingerprint density at radius 2 is 2.00 bits per heavy atom. The van der Waals surface area contributed by atoms with Crippen molar-refractivity contribution in [2.24, 2.45) is 0 Å². The number of benzene rings is 1. The molecule has 1 aliphatic heterocycles. The predicted molar refractivity (Wildman–Crippen MR) is 124 cm³/mol. The molecule has 2 aromatic heterocycles. The van der Waals surface area contributed by atoms with Gasteiger partial charge in [-0.3, -0.25) is 14.2 Å². The van der Waals surface area contributed by atoms with Gasteiger partial charge in [0.25, 0.3) is 5.56 Å². The lowest BCUT2D eigenvalue weighted by Crippen LogP contribution is -2.29. The van der Waals surface area contributed by atoms with E-state index in [9.17, 15) is 18.4 Å². The fraction of sp³-hybridized carbons (Fsp3) is 0.333. The topological polar surface area (TPSA) is 80.1 Å². The Labute approximate surface area is 191 Å². The van der Waals surface area contributed by atoms with Crippen molar-refractivity contribution in [1.82, 2.24) is 14.5 Å². The number of nitrogens with zero attached hydrogens (tertiary/aromatic N) is 4. The zero-order valence-corrected chi connectivity index (χ0v) is 18.8. The first kappa shape index (κ1) is 22.4. The molecule has 1 fully saturated rings. The summed E-state index contributed by atoms with van der Waals surface area (Å²) in [5.74, 6) is -2.55. The summed E-state index contributed by atoms with van der Waals surface area (Å²) in [5, 5.41) is 3.64. The Morgan fingerprint density at radius 3 is 2.72 bits per heavy atom. The van der Waals surface area contributed by atoms with E-state index in [0.717, 1.165) is 55.0 Å². The van der Waals surface area contributed by atoms with Crippen LogP contribution in [0, 0.1) is 11.6 Å². The van der Waals surface area contributed by atoms with Gasteiger partial charge >= 0.3 is 0 Å². The van der Waals surface area contributed by atoms with Crippen molar-refractivity contribution in [3.05, 3.63) is 52.8 Å². The molecule has 0 unspecified atom stereocenters. The van der Waals surface area contributed by atoms with Gasteiger partial charge in [0.15, 0.2) is 27.6 Å². The minimum Gasteiger partial charge on any atom is -0.348 e. The number of thioether (sulfide) groups is 1. The maximum Gasteiger partial charge on any atom is 0.274 e. The van der Waals surface area contributed by atoms with Gasteiger partial charge in [0, 0.05) is 31.4 Å². The number of hydrogen-bond acceptors (Lipinski definition) is 7. The highest BCUT2D eigenvalue weighted by atomic mass is 32.2. The van der Waals surface area contributed by atoms with Crippen molar-refractivity contribution in [3.8, 4) is 0 Å². The first-order valence-electron chi connectivity index (χ1n) is 10.1. The second-order valence-electron chi connectivity index (χ2n) is 7.26. The Balaban J connectivity index is 1.55. The third-order valence-electron chi connectivity index (χ3n) is 4.94. The molecule has 0 aliphatic carbocycles. The average Bonchev–Trinajstić information content (AvgIpc) is 3.22. The van der Waals surface area contributed by atoms with Crippen LogP contribution in [0.2, 0.25) is 0 Å². The number of hydrogen-bond donors (Lipinski definition) is 1. The molecule has 3 heterocycles. The number of carbonyl (C=O) groups is 1. The highest BCUT2D eigenvalue weighted by Crippen LogP contribution is 2.29. The number of amides is 1. The molecule has 1 N–H and O–H groups in total. The molecule has 11 heteroatoms. The first-order chi connectivity index (χ1) is 15.5. The van der Waals surface area contributed by atoms with Gasteiger partial charge in [0.05, 0.1) is 5.75 Å². The molecule has 0 saturated carbocycles. The van der Waals surface area contributed by atoms with Crippen LogP contribution in [0.1, 0.15) is 19.3 Å². The summed E-state index contributed by atoms with van der Waals surface area (Å²) < 4.78 is 28.3. The Kier molecular flexibility index (Phi) is 6.85. The number of anilines is 2. The van der Waals surface area contributed by atoms with Crippen LogP contribution in [0.15, 0.2) is 40.8 Å². The number of fused-ring (bicyclic) bond motifs is 1. The average molecular weight is 478 g/mol. The summed E-state index contributed by atoms with van der Waals surface area (Å²) in [5.41, 5.74) is 0.288. The molecule has 4 rings (SSSR count). The van der Waals surface area contributed by atoms with Gasteiger partial charge in [0.1, 0.15) is 4.70 Å². The van der Waals surface area contributed by atoms with Crippen LogP contribution in [0.25, 0.3) is 10.3 Å². The van der Waals surface area contributed by atoms with Crippen molar-refractivity contribution in [3.63, 3.8) is 0 Å². The number of aromatic nitrogens is 3. The summed E-state index contributed by atoms with van der Waals surface area (Å²) in [7, 11) is 0. The summed E-state index contributed by atoms with van der Waals surface area (Å²) in [6.45, 7) is 5.76. The molecule has 3 aromatic rings. The molecule has 1 saturated heterocycles. The van der Waals surface area contributed by atoms with Gasteiger partial charge in [-0.2, -0.15) is 4.98 Å². The number of piperidine rings is 1. The first-order valence-corrected chi connectivity index (χ1v) is 11.9. The molecule has 1 aliphatic rings. The second kappa shape index (κ2) is 9.78. The van der Waals surface area contributed by atoms with Crippen LogP contribution < -0.4 is 15.8 Å². The van der Waals surface area contributed by atoms with Crippen LogP contribution >= 0.6 is 23.1 Å². The highest BCUT2D eigenvalue weighted by Gasteiger charge is 2.20. The normalized spacial score (nSPS) is 14.0. The quantitative estimate of drug-likeness (QED) is 0.314. The SMILES string of the molecule is C=CCn1c(SCC(=O)Nc2ccc(F)c(F)c2)nc2nc(N3CCCCC3)sc2c1=O. The summed E-state index contributed by atoms with van der Waals surface area (Å²) in [4.78, 5) is 36.7. The fourth-order valence-electron chi connectivity index (χ4n) is 3.40. The van der Waals surface area contributed by atoms with E-state index in [-0.39, 0.29) is 23.5 Å². The molecule has 0 radical (unpaired) electrons. The second-order valence-corrected chi connectivity index (χ2v) is 9.18. The van der Waals surface area contributed by atoms with Crippen LogP contribution in [-0.4, -0.2) is 39.3 Å². The Bertz CT molecular complexity index is 1220. The third-order valence-corrected chi connectivity index (χ3v) is 7.01. The fourth-order valence-corrected chi connectivity index (χ4v) is 5.20. The van der Waals surface area contributed by atoms with Gasteiger partial charge in [-0.25, -0.2) is 13.8 Å². The largest absolute Gasteiger partial charge is 0.348 e. The van der Waals surface area contributed by atoms with E-state index < -0.39 is 17.5 Å². The zero-order chi connectivity index (χ0) is 22.7. The van der Waals surface area contributed by atoms with Crippen molar-refractivity contribution in [2.75, 3.05) is 29.1 Å². The maximum absolute atomic E-state index is 13.3. The predicted octanol–water partition coefficient (Wildman–Crippen LogP) is 4.04. The van der Waals surface area contributed by atoms with E-state index in [4.69, 9.17) is 0 Å². The number of allylic oxidation sites excluding steroid dienone is 1. The number of thiazole rings is 1. The lowest BCUT2D eigenvalue weighted by Gasteiger charge is -2.25. The van der Waals surface area contributed by atoms with E-state index >= 15 is 0 Å². The summed E-state index contributed by atoms with van der Waals surface area (Å²) in [6, 6.07) is 3.13. The zero-order valence-electron chi connectivity index (χ0n) is 17.1. The van der Waals surface area contributed by atoms with E-state index in [0.29, 0.717) is 15.5 Å². The molecule has 0 spiro atoms. The highest BCUT2D eigenvalue weighted by molar-refractivity contribution is 7.99. The summed E-state index contributed by atoms with van der Waals surface area (Å²) in [6.07, 6.45) is 4.97. The van der Waals surface area contributed by atoms with E-state index in [1.807, 2.05) is 0 Å². The maximum atomic E-state index is 13.3. The Hall–Kier alpha value is -2.79. The molecular weight excluding hydrogens is 456 g/mol. The van der Waals surface area contributed by atoms with E-state index in [1.54, 1.807) is 6.08 Å². The van der Waals surface area contributed by atoms with Crippen molar-refractivity contribution < 1.29 is 13.6 Å². The van der Waals surface area contributed by atoms with Crippen LogP contribution in [0.4, 0.5) is 19.6 Å². The molecule has 0 bridgehead atoms. The third kappa shape index (κ3) is 4.83. The number of nitrogens with one attached hydrogen (secondary N) is 1. The van der Waals surface area contributed by atoms with Gasteiger partial charge < -0.3 is 10.2 Å². The van der Waals surface area contributed by atoms with Gasteiger partial charge in [-0.15, -0.1) is 6.58 Å². The summed E-state index contributed by atoms with van der Waals surface area (Å²) >= 11 is 2.41. The number of halogens is 2. The number of carbonyl (C=O) groups excluding carboxylic acids is 1. The lowest BCUT2D eigenvalue weighted by atomic mass is 10.1. The van der Waals surface area contributed by atoms with E-state index in [2.05, 4.69) is 26.8 Å². The lowest BCUT2D eigenvalue weighted by molar-refractivity contribution is -0.113. The minimum absolute atomic E-state index is 0.0722. The molecule has 1 amide bonds. The van der Waals surface area contributed by atoms with Crippen LogP contribution in [0.3, 0.4) is 0 Å². The molecular formula is C21H21F2N5O2S2. The van der Waals surface area contributed by atoms with E-state index in [1.165, 1.54) is 28.4 Å². The van der Waals surface area contributed by atoms with Crippen LogP contribution in [-0.2, 0) is 11.3 Å². The molecule has 7 nitrogen and oxygen atoms in total. The molecule has 1 aromatic carbocycles. The van der Waals surface area contributed by atoms with Crippen molar-refractivity contribution in [2.45, 2.75) is 31.0 Å². The van der Waals surface area contributed by atoms with Gasteiger partial charge in [0.2, 0.25) is 5.91 Å². The standard InChI is InChI=1S/C21H21F2N5O2S2/c1-2-8-28-19(30)17-18(25-20(32-17)27-9-4-3-5-10-27)26-21(28)31-12-16(29)24-13-6-7-14(22)15(23)11-13/h2,6-7,11H,1,3-5,8-10,12H2,(H,24,29). The Morgan fingerprint density at radius 1 is 1.22 bits per heavy atom.